The van der Waals surface area contributed by atoms with Crippen molar-refractivity contribution in [3.8, 4) is 0 Å². The van der Waals surface area contributed by atoms with Crippen molar-refractivity contribution in [2.45, 2.75) is 25.3 Å². The SMILES string of the molecule is C[C@H](NC[C@H](c1ccccc1)c1c[nH]c2ccccc12)C(=O)N1CCc2ccccc21. The molecule has 0 unspecified atom stereocenters. The van der Waals surface area contributed by atoms with Crippen molar-refractivity contribution in [3.63, 3.8) is 0 Å². The number of rotatable bonds is 6. The molecule has 1 amide bonds. The van der Waals surface area contributed by atoms with Crippen LogP contribution in [-0.4, -0.2) is 30.0 Å². The van der Waals surface area contributed by atoms with Gasteiger partial charge in [-0.05, 0) is 42.2 Å². The highest BCUT2D eigenvalue weighted by Crippen LogP contribution is 2.31. The summed E-state index contributed by atoms with van der Waals surface area (Å²) in [6.45, 7) is 3.42. The van der Waals surface area contributed by atoms with Crippen LogP contribution in [0, 0.1) is 0 Å². The van der Waals surface area contributed by atoms with Crippen LogP contribution < -0.4 is 10.2 Å². The second-order valence-electron chi connectivity index (χ2n) is 8.25. The number of hydrogen-bond acceptors (Lipinski definition) is 2. The van der Waals surface area contributed by atoms with Crippen molar-refractivity contribution in [1.29, 1.82) is 0 Å². The summed E-state index contributed by atoms with van der Waals surface area (Å²) in [7, 11) is 0. The molecule has 0 radical (unpaired) electrons. The van der Waals surface area contributed by atoms with Gasteiger partial charge in [0, 0.05) is 41.8 Å². The van der Waals surface area contributed by atoms with E-state index in [1.165, 1.54) is 22.1 Å². The maximum Gasteiger partial charge on any atom is 0.243 e. The maximum atomic E-state index is 13.2. The zero-order valence-electron chi connectivity index (χ0n) is 17.7. The number of nitrogens with one attached hydrogen (secondary N) is 2. The van der Waals surface area contributed by atoms with Gasteiger partial charge < -0.3 is 15.2 Å². The molecule has 1 aromatic heterocycles. The number of carbonyl (C=O) groups is 1. The van der Waals surface area contributed by atoms with Gasteiger partial charge in [-0.2, -0.15) is 0 Å². The molecule has 3 aromatic carbocycles. The third-order valence-corrected chi connectivity index (χ3v) is 6.35. The van der Waals surface area contributed by atoms with E-state index in [9.17, 15) is 4.79 Å². The minimum absolute atomic E-state index is 0.135. The summed E-state index contributed by atoms with van der Waals surface area (Å²) in [6, 6.07) is 26.9. The first-order valence-electron chi connectivity index (χ1n) is 11.0. The van der Waals surface area contributed by atoms with E-state index in [0.29, 0.717) is 6.54 Å². The minimum Gasteiger partial charge on any atom is -0.361 e. The molecule has 4 aromatic rings. The van der Waals surface area contributed by atoms with Crippen molar-refractivity contribution in [2.24, 2.45) is 0 Å². The molecule has 4 heteroatoms. The first-order valence-corrected chi connectivity index (χ1v) is 11.0. The van der Waals surface area contributed by atoms with Crippen LogP contribution in [0.2, 0.25) is 0 Å². The van der Waals surface area contributed by atoms with Crippen LogP contribution in [0.15, 0.2) is 85.1 Å². The van der Waals surface area contributed by atoms with Gasteiger partial charge in [0.05, 0.1) is 6.04 Å². The van der Waals surface area contributed by atoms with E-state index in [0.717, 1.165) is 24.2 Å². The van der Waals surface area contributed by atoms with Gasteiger partial charge in [-0.25, -0.2) is 0 Å². The van der Waals surface area contributed by atoms with E-state index >= 15 is 0 Å². The maximum absolute atomic E-state index is 13.2. The first kappa shape index (κ1) is 19.6. The number of amides is 1. The number of hydrogen-bond donors (Lipinski definition) is 2. The quantitative estimate of drug-likeness (QED) is 0.477. The van der Waals surface area contributed by atoms with E-state index in [2.05, 4.69) is 65.0 Å². The molecule has 5 rings (SSSR count). The molecule has 2 heterocycles. The Hall–Kier alpha value is -3.37. The van der Waals surface area contributed by atoms with E-state index < -0.39 is 0 Å². The minimum atomic E-state index is -0.262. The van der Waals surface area contributed by atoms with Gasteiger partial charge >= 0.3 is 0 Å². The van der Waals surface area contributed by atoms with Crippen LogP contribution in [0.1, 0.15) is 29.5 Å². The van der Waals surface area contributed by atoms with Gasteiger partial charge in [0.1, 0.15) is 0 Å². The summed E-state index contributed by atoms with van der Waals surface area (Å²) in [5, 5.41) is 4.76. The van der Waals surface area contributed by atoms with Gasteiger partial charge in [0.2, 0.25) is 5.91 Å². The number of fused-ring (bicyclic) bond motifs is 2. The third-order valence-electron chi connectivity index (χ3n) is 6.35. The van der Waals surface area contributed by atoms with Crippen LogP contribution in [0.25, 0.3) is 10.9 Å². The molecule has 0 bridgehead atoms. The summed E-state index contributed by atoms with van der Waals surface area (Å²) in [5.41, 5.74) is 5.93. The van der Waals surface area contributed by atoms with E-state index in [-0.39, 0.29) is 17.9 Å². The summed E-state index contributed by atoms with van der Waals surface area (Å²) in [6.07, 6.45) is 3.03. The Kier molecular flexibility index (Phi) is 5.31. The zero-order valence-corrected chi connectivity index (χ0v) is 17.7. The summed E-state index contributed by atoms with van der Waals surface area (Å²) in [4.78, 5) is 18.5. The fourth-order valence-electron chi connectivity index (χ4n) is 4.66. The second-order valence-corrected chi connectivity index (χ2v) is 8.25. The molecule has 2 atom stereocenters. The lowest BCUT2D eigenvalue weighted by atomic mass is 9.90. The number of aromatic amines is 1. The Morgan fingerprint density at radius 1 is 1.00 bits per heavy atom. The zero-order chi connectivity index (χ0) is 21.2. The smallest absolute Gasteiger partial charge is 0.243 e. The molecular formula is C27H27N3O. The molecule has 1 aliphatic heterocycles. The van der Waals surface area contributed by atoms with Crippen LogP contribution in [-0.2, 0) is 11.2 Å². The summed E-state index contributed by atoms with van der Waals surface area (Å²) < 4.78 is 0. The number of benzene rings is 3. The van der Waals surface area contributed by atoms with Gasteiger partial charge in [-0.15, -0.1) is 0 Å². The van der Waals surface area contributed by atoms with Crippen LogP contribution in [0.5, 0.6) is 0 Å². The van der Waals surface area contributed by atoms with Crippen molar-refractivity contribution in [1.82, 2.24) is 10.3 Å². The highest BCUT2D eigenvalue weighted by Gasteiger charge is 2.28. The number of carbonyl (C=O) groups excluding carboxylic acids is 1. The molecule has 0 saturated heterocycles. The average molecular weight is 410 g/mol. The summed E-state index contributed by atoms with van der Waals surface area (Å²) >= 11 is 0. The van der Waals surface area contributed by atoms with Crippen molar-refractivity contribution in [2.75, 3.05) is 18.0 Å². The molecule has 31 heavy (non-hydrogen) atoms. The number of H-pyrrole nitrogens is 1. The fourth-order valence-corrected chi connectivity index (χ4v) is 4.66. The number of anilines is 1. The van der Waals surface area contributed by atoms with Crippen LogP contribution >= 0.6 is 0 Å². The molecule has 2 N–H and O–H groups in total. The van der Waals surface area contributed by atoms with Crippen LogP contribution in [0.4, 0.5) is 5.69 Å². The van der Waals surface area contributed by atoms with Crippen molar-refractivity contribution in [3.05, 3.63) is 102 Å². The number of para-hydroxylation sites is 2. The third kappa shape index (κ3) is 3.75. The van der Waals surface area contributed by atoms with Gasteiger partial charge in [-0.3, -0.25) is 4.79 Å². The monoisotopic (exact) mass is 409 g/mol. The molecule has 156 valence electrons. The standard InChI is InChI=1S/C27H27N3O/c1-19(27(31)30-16-15-21-11-5-8-14-26(21)30)28-17-23(20-9-3-2-4-10-20)24-18-29-25-13-7-6-12-22(24)25/h2-14,18-19,23,28-29H,15-17H2,1H3/t19-,23+/m0/s1. The molecule has 0 fully saturated rings. The largest absolute Gasteiger partial charge is 0.361 e. The number of aromatic nitrogens is 1. The summed E-state index contributed by atoms with van der Waals surface area (Å²) in [5.74, 6) is 0.286. The molecular weight excluding hydrogens is 382 g/mol. The Balaban J connectivity index is 1.37. The highest BCUT2D eigenvalue weighted by molar-refractivity contribution is 5.98. The van der Waals surface area contributed by atoms with Gasteiger partial charge in [0.25, 0.3) is 0 Å². The second kappa shape index (κ2) is 8.40. The van der Waals surface area contributed by atoms with Gasteiger partial charge in [-0.1, -0.05) is 66.7 Å². The molecule has 4 nitrogen and oxygen atoms in total. The fraction of sp³-hybridized carbons (Fsp3) is 0.222. The Bertz CT molecular complexity index is 1200. The first-order chi connectivity index (χ1) is 15.2. The molecule has 1 aliphatic rings. The highest BCUT2D eigenvalue weighted by atomic mass is 16.2. The number of nitrogens with zero attached hydrogens (tertiary/aromatic N) is 1. The Morgan fingerprint density at radius 3 is 2.61 bits per heavy atom. The van der Waals surface area contributed by atoms with Crippen molar-refractivity contribution < 1.29 is 4.79 Å². The lowest BCUT2D eigenvalue weighted by molar-refractivity contribution is -0.120. The lowest BCUT2D eigenvalue weighted by Crippen LogP contribution is -2.45. The molecule has 0 spiro atoms. The topological polar surface area (TPSA) is 48.1 Å². The van der Waals surface area contributed by atoms with E-state index in [1.54, 1.807) is 0 Å². The normalized spacial score (nSPS) is 15.1. The Labute approximate surface area is 182 Å². The predicted molar refractivity (Wildman–Crippen MR) is 127 cm³/mol. The van der Waals surface area contributed by atoms with Crippen molar-refractivity contribution >= 4 is 22.5 Å². The van der Waals surface area contributed by atoms with E-state index in [4.69, 9.17) is 0 Å². The lowest BCUT2D eigenvalue weighted by Gasteiger charge is -2.25. The van der Waals surface area contributed by atoms with Gasteiger partial charge in [0.15, 0.2) is 0 Å². The van der Waals surface area contributed by atoms with E-state index in [1.807, 2.05) is 42.2 Å². The Morgan fingerprint density at radius 2 is 1.74 bits per heavy atom. The molecule has 0 aliphatic carbocycles. The van der Waals surface area contributed by atoms with Crippen LogP contribution in [0.3, 0.4) is 0 Å². The predicted octanol–water partition coefficient (Wildman–Crippen LogP) is 4.87. The average Bonchev–Trinajstić information content (AvgIpc) is 3.44. The molecule has 0 saturated carbocycles.